The zero-order valence-electron chi connectivity index (χ0n) is 9.37. The highest BCUT2D eigenvalue weighted by atomic mass is 19.3. The van der Waals surface area contributed by atoms with Gasteiger partial charge in [-0.1, -0.05) is 0 Å². The molecule has 0 bridgehead atoms. The highest BCUT2D eigenvalue weighted by molar-refractivity contribution is 5.89. The van der Waals surface area contributed by atoms with Crippen LogP contribution in [0.15, 0.2) is 6.07 Å². The van der Waals surface area contributed by atoms with Crippen LogP contribution >= 0.6 is 0 Å². The van der Waals surface area contributed by atoms with Crippen molar-refractivity contribution < 1.29 is 23.0 Å². The monoisotopic (exact) mass is 246 g/mol. The average Bonchev–Trinajstić information content (AvgIpc) is 2.35. The van der Waals surface area contributed by atoms with Crippen LogP contribution in [0.5, 0.6) is 5.75 Å². The number of carbonyl (C=O) groups is 1. The van der Waals surface area contributed by atoms with Gasteiger partial charge in [-0.15, -0.1) is 0 Å². The van der Waals surface area contributed by atoms with E-state index in [9.17, 15) is 13.6 Å². The quantitative estimate of drug-likeness (QED) is 0.810. The first-order chi connectivity index (χ1) is 8.04. The second-order valence-corrected chi connectivity index (χ2v) is 3.07. The van der Waals surface area contributed by atoms with Gasteiger partial charge in [0.2, 0.25) is 0 Å². The molecule has 0 radical (unpaired) electrons. The number of halogens is 2. The predicted molar refractivity (Wildman–Crippen MR) is 55.0 cm³/mol. The van der Waals surface area contributed by atoms with E-state index in [1.807, 2.05) is 0 Å². The van der Waals surface area contributed by atoms with Crippen molar-refractivity contribution >= 4 is 5.97 Å². The van der Waals surface area contributed by atoms with E-state index >= 15 is 0 Å². The summed E-state index contributed by atoms with van der Waals surface area (Å²) in [6, 6.07) is 1.05. The Kier molecular flexibility index (Phi) is 4.33. The van der Waals surface area contributed by atoms with Gasteiger partial charge in [-0.25, -0.2) is 18.6 Å². The van der Waals surface area contributed by atoms with Crippen LogP contribution in [-0.2, 0) is 11.3 Å². The topological polar surface area (TPSA) is 74.4 Å². The molecule has 0 amide bonds. The number of rotatable bonds is 4. The second kappa shape index (κ2) is 5.53. The van der Waals surface area contributed by atoms with Crippen LogP contribution in [0.4, 0.5) is 8.78 Å². The smallest absolute Gasteiger partial charge is 0.357 e. The highest BCUT2D eigenvalue weighted by Gasteiger charge is 2.23. The fraction of sp³-hybridized carbons (Fsp3) is 0.400. The zero-order valence-corrected chi connectivity index (χ0v) is 9.37. The summed E-state index contributed by atoms with van der Waals surface area (Å²) in [5.41, 5.74) is 4.62. The summed E-state index contributed by atoms with van der Waals surface area (Å²) >= 11 is 0. The van der Waals surface area contributed by atoms with Crippen molar-refractivity contribution in [2.24, 2.45) is 5.73 Å². The Morgan fingerprint density at radius 1 is 1.53 bits per heavy atom. The number of nitrogens with zero attached hydrogens (tertiary/aromatic N) is 1. The Morgan fingerprint density at radius 3 is 2.59 bits per heavy atom. The van der Waals surface area contributed by atoms with Crippen LogP contribution < -0.4 is 10.5 Å². The third-order valence-electron chi connectivity index (χ3n) is 2.12. The largest absolute Gasteiger partial charge is 0.495 e. The molecular formula is C10H12F2N2O3. The van der Waals surface area contributed by atoms with Crippen molar-refractivity contribution in [2.45, 2.75) is 13.0 Å². The van der Waals surface area contributed by atoms with Crippen LogP contribution in [0, 0.1) is 0 Å². The summed E-state index contributed by atoms with van der Waals surface area (Å²) in [4.78, 5) is 15.1. The number of nitrogens with two attached hydrogens (primary N) is 1. The molecule has 0 saturated heterocycles. The summed E-state index contributed by atoms with van der Waals surface area (Å²) in [5.74, 6) is -0.812. The molecule has 5 nitrogen and oxygen atoms in total. The molecule has 0 aliphatic rings. The Morgan fingerprint density at radius 2 is 2.18 bits per heavy atom. The Bertz CT molecular complexity index is 424. The van der Waals surface area contributed by atoms with Crippen molar-refractivity contribution in [1.82, 2.24) is 4.98 Å². The van der Waals surface area contributed by atoms with E-state index < -0.39 is 23.7 Å². The molecular weight excluding hydrogens is 234 g/mol. The van der Waals surface area contributed by atoms with Crippen LogP contribution in [0.2, 0.25) is 0 Å². The fourth-order valence-corrected chi connectivity index (χ4v) is 1.30. The highest BCUT2D eigenvalue weighted by Crippen LogP contribution is 2.28. The lowest BCUT2D eigenvalue weighted by atomic mass is 10.1. The van der Waals surface area contributed by atoms with Crippen molar-refractivity contribution in [3.05, 3.63) is 23.0 Å². The molecule has 7 heteroatoms. The number of aromatic nitrogens is 1. The Labute approximate surface area is 96.5 Å². The SMILES string of the molecule is COC(=O)c1nc(CN)c(OC)cc1C(F)F. The van der Waals surface area contributed by atoms with Gasteiger partial charge in [-0.3, -0.25) is 0 Å². The van der Waals surface area contributed by atoms with Gasteiger partial charge in [-0.2, -0.15) is 0 Å². The van der Waals surface area contributed by atoms with Crippen molar-refractivity contribution in [1.29, 1.82) is 0 Å². The maximum atomic E-state index is 12.7. The summed E-state index contributed by atoms with van der Waals surface area (Å²) in [5, 5.41) is 0. The molecule has 94 valence electrons. The molecule has 0 atom stereocenters. The molecule has 0 aliphatic carbocycles. The summed E-state index contributed by atoms with van der Waals surface area (Å²) in [6.45, 7) is -0.0311. The minimum atomic E-state index is -2.85. The van der Waals surface area contributed by atoms with Crippen molar-refractivity contribution in [3.63, 3.8) is 0 Å². The van der Waals surface area contributed by atoms with E-state index in [4.69, 9.17) is 10.5 Å². The van der Waals surface area contributed by atoms with E-state index in [1.54, 1.807) is 0 Å². The maximum absolute atomic E-state index is 12.7. The van der Waals surface area contributed by atoms with E-state index in [-0.39, 0.29) is 18.0 Å². The third-order valence-corrected chi connectivity index (χ3v) is 2.12. The summed E-state index contributed by atoms with van der Waals surface area (Å²) in [6.07, 6.45) is -2.85. The van der Waals surface area contributed by atoms with Gasteiger partial charge < -0.3 is 15.2 Å². The minimum absolute atomic E-state index is 0.0311. The van der Waals surface area contributed by atoms with E-state index in [0.717, 1.165) is 13.2 Å². The normalized spacial score (nSPS) is 10.5. The van der Waals surface area contributed by atoms with Gasteiger partial charge in [0, 0.05) is 6.54 Å². The molecule has 0 unspecified atom stereocenters. The van der Waals surface area contributed by atoms with Crippen LogP contribution in [-0.4, -0.2) is 25.2 Å². The van der Waals surface area contributed by atoms with Gasteiger partial charge in [0.25, 0.3) is 6.43 Å². The van der Waals surface area contributed by atoms with Gasteiger partial charge >= 0.3 is 5.97 Å². The number of hydrogen-bond acceptors (Lipinski definition) is 5. The molecule has 17 heavy (non-hydrogen) atoms. The minimum Gasteiger partial charge on any atom is -0.495 e. The Hall–Kier alpha value is -1.76. The molecule has 1 aromatic heterocycles. The number of esters is 1. The zero-order chi connectivity index (χ0) is 13.0. The first-order valence-electron chi connectivity index (χ1n) is 4.69. The molecule has 1 heterocycles. The van der Waals surface area contributed by atoms with Gasteiger partial charge in [0.1, 0.15) is 5.75 Å². The van der Waals surface area contributed by atoms with E-state index in [1.165, 1.54) is 7.11 Å². The fourth-order valence-electron chi connectivity index (χ4n) is 1.30. The van der Waals surface area contributed by atoms with E-state index in [2.05, 4.69) is 9.72 Å². The first kappa shape index (κ1) is 13.3. The number of carbonyl (C=O) groups excluding carboxylic acids is 1. The first-order valence-corrected chi connectivity index (χ1v) is 4.69. The van der Waals surface area contributed by atoms with Crippen molar-refractivity contribution in [2.75, 3.05) is 14.2 Å². The van der Waals surface area contributed by atoms with Gasteiger partial charge in [0.15, 0.2) is 5.69 Å². The number of hydrogen-bond donors (Lipinski definition) is 1. The van der Waals surface area contributed by atoms with Crippen molar-refractivity contribution in [3.8, 4) is 5.75 Å². The molecule has 2 N–H and O–H groups in total. The number of methoxy groups -OCH3 is 2. The maximum Gasteiger partial charge on any atom is 0.357 e. The third kappa shape index (κ3) is 2.68. The number of ether oxygens (including phenoxy) is 2. The Balaban J connectivity index is 3.40. The number of pyridine rings is 1. The van der Waals surface area contributed by atoms with Crippen LogP contribution in [0.1, 0.15) is 28.2 Å². The lowest BCUT2D eigenvalue weighted by Crippen LogP contribution is -2.13. The van der Waals surface area contributed by atoms with Crippen LogP contribution in [0.25, 0.3) is 0 Å². The van der Waals surface area contributed by atoms with Gasteiger partial charge in [0.05, 0.1) is 25.5 Å². The average molecular weight is 246 g/mol. The molecule has 1 aromatic rings. The standard InChI is InChI=1S/C10H12F2N2O3/c1-16-7-3-5(9(11)12)8(10(15)17-2)14-6(7)4-13/h3,9H,4,13H2,1-2H3. The lowest BCUT2D eigenvalue weighted by molar-refractivity contribution is 0.0581. The summed E-state index contributed by atoms with van der Waals surface area (Å²) in [7, 11) is 2.40. The van der Waals surface area contributed by atoms with Gasteiger partial charge in [-0.05, 0) is 6.07 Å². The molecule has 0 saturated carbocycles. The second-order valence-electron chi connectivity index (χ2n) is 3.07. The molecule has 0 aromatic carbocycles. The number of alkyl halides is 2. The van der Waals surface area contributed by atoms with E-state index in [0.29, 0.717) is 0 Å². The predicted octanol–water partition coefficient (Wildman–Crippen LogP) is 1.27. The molecule has 0 fully saturated rings. The molecule has 0 spiro atoms. The lowest BCUT2D eigenvalue weighted by Gasteiger charge is -2.12. The molecule has 0 aliphatic heterocycles. The van der Waals surface area contributed by atoms with Crippen LogP contribution in [0.3, 0.4) is 0 Å². The summed E-state index contributed by atoms with van der Waals surface area (Å²) < 4.78 is 34.7. The molecule has 1 rings (SSSR count).